The van der Waals surface area contributed by atoms with Crippen LogP contribution < -0.4 is 20.9 Å². The summed E-state index contributed by atoms with van der Waals surface area (Å²) < 4.78 is 26.7. The lowest BCUT2D eigenvalue weighted by Gasteiger charge is -2.43. The van der Waals surface area contributed by atoms with Crippen LogP contribution in [0, 0.1) is 5.92 Å². The van der Waals surface area contributed by atoms with E-state index in [1.165, 1.54) is 6.07 Å². The van der Waals surface area contributed by atoms with Gasteiger partial charge < -0.3 is 25.8 Å². The fourth-order valence-electron chi connectivity index (χ4n) is 6.96. The number of carbonyl (C=O) groups excluding carboxylic acids is 3. The van der Waals surface area contributed by atoms with E-state index in [2.05, 4.69) is 43.0 Å². The van der Waals surface area contributed by atoms with E-state index in [0.29, 0.717) is 18.8 Å². The largest absolute Gasteiger partial charge is 0.364 e. The van der Waals surface area contributed by atoms with Gasteiger partial charge in [0.25, 0.3) is 11.8 Å². The van der Waals surface area contributed by atoms with Crippen LogP contribution in [-0.4, -0.2) is 87.9 Å². The second kappa shape index (κ2) is 13.0. The molecule has 3 fully saturated rings. The highest BCUT2D eigenvalue weighted by atomic mass is 32.2. The number of nitrogens with one attached hydrogen (secondary N) is 3. The van der Waals surface area contributed by atoms with Gasteiger partial charge in [-0.05, 0) is 50.3 Å². The third kappa shape index (κ3) is 6.14. The average Bonchev–Trinajstić information content (AvgIpc) is 4.07. The van der Waals surface area contributed by atoms with Crippen molar-refractivity contribution < 1.29 is 22.8 Å². The van der Waals surface area contributed by atoms with Crippen LogP contribution in [0.4, 0.5) is 22.9 Å². The van der Waals surface area contributed by atoms with Gasteiger partial charge in [-0.25, -0.2) is 13.4 Å². The topological polar surface area (TPSA) is 184 Å². The van der Waals surface area contributed by atoms with E-state index in [1.54, 1.807) is 30.0 Å². The molecule has 3 amide bonds. The molecule has 8 rings (SSSR count). The van der Waals surface area contributed by atoms with Gasteiger partial charge in [0.2, 0.25) is 5.91 Å². The third-order valence-corrected chi connectivity index (χ3v) is 11.8. The number of nitrogens with zero attached hydrogens (tertiary/aromatic N) is 7. The number of aromatic nitrogens is 5. The summed E-state index contributed by atoms with van der Waals surface area (Å²) >= 11 is 0. The molecule has 1 aromatic carbocycles. The molecule has 16 heteroatoms. The minimum absolute atomic E-state index is 0.0174. The van der Waals surface area contributed by atoms with Crippen molar-refractivity contribution in [3.05, 3.63) is 65.7 Å². The first-order valence-electron chi connectivity index (χ1n) is 17.8. The summed E-state index contributed by atoms with van der Waals surface area (Å²) in [7, 11) is -1.51. The summed E-state index contributed by atoms with van der Waals surface area (Å²) in [5.41, 5.74) is 5.33. The Morgan fingerprint density at radius 3 is 2.42 bits per heavy atom. The standard InChI is InChI=1S/C36H40N10O5S/c1-4-28-33-24(17-37-46(33)22-18-45(19-22)36(49)26-10-7-11-30(40-26)52(50,51)5-2)23-8-6-9-25(32(23)44(28)3)39-27-16-29(41-34(47)20-12-13-20)42-43-31(27)35(48)38-21-14-15-21/h6-11,16-17,20-22,28H,4-5,12-15,18-19H2,1-3H3,(H,38,48)(H2,39,41,42,47). The monoisotopic (exact) mass is 724 g/mol. The van der Waals surface area contributed by atoms with Crippen molar-refractivity contribution in [2.24, 2.45) is 5.92 Å². The van der Waals surface area contributed by atoms with Crippen LogP contribution in [0.5, 0.6) is 0 Å². The van der Waals surface area contributed by atoms with Crippen LogP contribution in [0.3, 0.4) is 0 Å². The SMILES string of the molecule is CCC1c2c(cnn2C2CN(C(=O)c3cccc(S(=O)(=O)CC)n3)C2)-c2cccc(Nc3cc(NC(=O)C4CC4)nnc3C(=O)NC3CC3)c2N1C. The van der Waals surface area contributed by atoms with E-state index >= 15 is 0 Å². The maximum absolute atomic E-state index is 13.3. The normalized spacial score (nSPS) is 18.2. The van der Waals surface area contributed by atoms with E-state index in [1.807, 2.05) is 36.1 Å². The van der Waals surface area contributed by atoms with Crippen molar-refractivity contribution in [2.75, 3.05) is 41.4 Å². The second-order valence-corrected chi connectivity index (χ2v) is 16.1. The number of rotatable bonds is 11. The zero-order valence-electron chi connectivity index (χ0n) is 29.2. The molecule has 4 aliphatic rings. The van der Waals surface area contributed by atoms with Gasteiger partial charge in [-0.1, -0.05) is 32.0 Å². The Bertz CT molecular complexity index is 2210. The molecule has 1 atom stereocenters. The first kappa shape index (κ1) is 33.7. The highest BCUT2D eigenvalue weighted by molar-refractivity contribution is 7.91. The van der Waals surface area contributed by atoms with Crippen LogP contribution in [0.2, 0.25) is 0 Å². The molecule has 0 radical (unpaired) electrons. The minimum Gasteiger partial charge on any atom is -0.364 e. The highest BCUT2D eigenvalue weighted by Crippen LogP contribution is 2.50. The zero-order chi connectivity index (χ0) is 36.3. The lowest BCUT2D eigenvalue weighted by molar-refractivity contribution is -0.117. The lowest BCUT2D eigenvalue weighted by atomic mass is 9.91. The number of amides is 3. The van der Waals surface area contributed by atoms with Gasteiger partial charge in [0.05, 0.1) is 46.8 Å². The molecule has 0 spiro atoms. The highest BCUT2D eigenvalue weighted by Gasteiger charge is 2.40. The Morgan fingerprint density at radius 1 is 0.942 bits per heavy atom. The van der Waals surface area contributed by atoms with Crippen LogP contribution in [-0.2, 0) is 14.6 Å². The Balaban J connectivity index is 1.07. The number of benzene rings is 1. The van der Waals surface area contributed by atoms with Gasteiger partial charge in [-0.2, -0.15) is 5.10 Å². The van der Waals surface area contributed by atoms with Crippen molar-refractivity contribution in [1.82, 2.24) is 35.2 Å². The summed E-state index contributed by atoms with van der Waals surface area (Å²) in [6, 6.07) is 12.1. The molecule has 2 aliphatic carbocycles. The van der Waals surface area contributed by atoms with Crippen molar-refractivity contribution >= 4 is 50.4 Å². The molecule has 1 saturated heterocycles. The minimum atomic E-state index is -3.54. The Kier molecular flexibility index (Phi) is 8.43. The fraction of sp³-hybridized carbons (Fsp3) is 0.417. The molecule has 2 saturated carbocycles. The molecular formula is C36H40N10O5S. The lowest BCUT2D eigenvalue weighted by Crippen LogP contribution is -2.52. The van der Waals surface area contributed by atoms with Crippen molar-refractivity contribution in [3.8, 4) is 11.1 Å². The maximum Gasteiger partial charge on any atom is 0.274 e. The Labute approximate surface area is 301 Å². The van der Waals surface area contributed by atoms with E-state index in [0.717, 1.165) is 60.3 Å². The number of hydrogen-bond donors (Lipinski definition) is 3. The predicted molar refractivity (Wildman–Crippen MR) is 193 cm³/mol. The number of anilines is 4. The zero-order valence-corrected chi connectivity index (χ0v) is 30.0. The molecular weight excluding hydrogens is 685 g/mol. The van der Waals surface area contributed by atoms with Crippen molar-refractivity contribution in [1.29, 1.82) is 0 Å². The predicted octanol–water partition coefficient (Wildman–Crippen LogP) is 4.11. The first-order chi connectivity index (χ1) is 25.1. The number of likely N-dealkylation sites (tertiary alicyclic amines) is 1. The Morgan fingerprint density at radius 2 is 1.71 bits per heavy atom. The van der Waals surface area contributed by atoms with E-state index in [-0.39, 0.29) is 69.7 Å². The van der Waals surface area contributed by atoms with Crippen LogP contribution >= 0.6 is 0 Å². The average molecular weight is 725 g/mol. The number of para-hydroxylation sites is 1. The van der Waals surface area contributed by atoms with E-state index < -0.39 is 9.84 Å². The number of hydrogen-bond acceptors (Lipinski definition) is 11. The van der Waals surface area contributed by atoms with Gasteiger partial charge in [0, 0.05) is 49.3 Å². The molecule has 270 valence electrons. The van der Waals surface area contributed by atoms with Crippen molar-refractivity contribution in [2.45, 2.75) is 69.1 Å². The van der Waals surface area contributed by atoms with Crippen LogP contribution in [0.1, 0.15) is 84.7 Å². The van der Waals surface area contributed by atoms with Gasteiger partial charge in [-0.15, -0.1) is 10.2 Å². The van der Waals surface area contributed by atoms with Gasteiger partial charge in [0.1, 0.15) is 5.69 Å². The molecule has 52 heavy (non-hydrogen) atoms. The molecule has 0 bridgehead atoms. The number of fused-ring (bicyclic) bond motifs is 3. The smallest absolute Gasteiger partial charge is 0.274 e. The molecule has 15 nitrogen and oxygen atoms in total. The molecule has 3 aromatic heterocycles. The molecule has 5 heterocycles. The summed E-state index contributed by atoms with van der Waals surface area (Å²) in [5.74, 6) is -0.582. The van der Waals surface area contributed by atoms with Gasteiger partial charge in [0.15, 0.2) is 26.4 Å². The van der Waals surface area contributed by atoms with Crippen LogP contribution in [0.15, 0.2) is 53.7 Å². The van der Waals surface area contributed by atoms with Crippen molar-refractivity contribution in [3.63, 3.8) is 0 Å². The summed E-state index contributed by atoms with van der Waals surface area (Å²) in [6.45, 7) is 4.49. The summed E-state index contributed by atoms with van der Waals surface area (Å²) in [6.07, 6.45) is 6.19. The van der Waals surface area contributed by atoms with Gasteiger partial charge in [-0.3, -0.25) is 19.1 Å². The van der Waals surface area contributed by atoms with Gasteiger partial charge >= 0.3 is 0 Å². The van der Waals surface area contributed by atoms with E-state index in [4.69, 9.17) is 5.10 Å². The van der Waals surface area contributed by atoms with Crippen LogP contribution in [0.25, 0.3) is 11.1 Å². The molecule has 3 N–H and O–H groups in total. The second-order valence-electron chi connectivity index (χ2n) is 13.9. The first-order valence-corrected chi connectivity index (χ1v) is 19.4. The fourth-order valence-corrected chi connectivity index (χ4v) is 7.78. The number of carbonyl (C=O) groups is 3. The number of sulfone groups is 1. The molecule has 1 unspecified atom stereocenters. The number of pyridine rings is 1. The molecule has 4 aromatic rings. The quantitative estimate of drug-likeness (QED) is 0.202. The third-order valence-electron chi connectivity index (χ3n) is 10.2. The maximum atomic E-state index is 13.3. The Hall–Kier alpha value is -5.38. The summed E-state index contributed by atoms with van der Waals surface area (Å²) in [5, 5.41) is 22.5. The molecule has 2 aliphatic heterocycles. The summed E-state index contributed by atoms with van der Waals surface area (Å²) in [4.78, 5) is 47.2. The van der Waals surface area contributed by atoms with E-state index in [9.17, 15) is 22.8 Å².